The van der Waals surface area contributed by atoms with E-state index in [1.54, 1.807) is 11.3 Å². The van der Waals surface area contributed by atoms with Gasteiger partial charge < -0.3 is 14.6 Å². The van der Waals surface area contributed by atoms with Gasteiger partial charge in [0, 0.05) is 10.5 Å². The maximum Gasteiger partial charge on any atom is 0.525 e. The summed E-state index contributed by atoms with van der Waals surface area (Å²) >= 11 is 1.58. The number of hydrogen-bond acceptors (Lipinski definition) is 4. The molecule has 0 aromatic carbocycles. The molecule has 1 aromatic heterocycles. The van der Waals surface area contributed by atoms with Gasteiger partial charge in [0.1, 0.15) is 5.73 Å². The van der Waals surface area contributed by atoms with Crippen LogP contribution in [0.15, 0.2) is 23.2 Å². The molecule has 126 valence electrons. The quantitative estimate of drug-likeness (QED) is 0.844. The number of hydrogen-bond donors (Lipinski definition) is 1. The Morgan fingerprint density at radius 1 is 1.22 bits per heavy atom. The van der Waals surface area contributed by atoms with Gasteiger partial charge in [-0.25, -0.2) is 4.39 Å². The molecular formula is C17H25BFNO2S. The zero-order valence-electron chi connectivity index (χ0n) is 14.3. The zero-order valence-corrected chi connectivity index (χ0v) is 15.1. The highest BCUT2D eigenvalue weighted by Crippen LogP contribution is 2.43. The highest BCUT2D eigenvalue weighted by atomic mass is 32.1. The molecule has 2 fully saturated rings. The summed E-state index contributed by atoms with van der Waals surface area (Å²) in [5, 5.41) is 5.34. The van der Waals surface area contributed by atoms with E-state index in [2.05, 4.69) is 5.32 Å². The molecule has 0 atom stereocenters. The molecule has 0 amide bonds. The Labute approximate surface area is 142 Å². The molecule has 0 spiro atoms. The summed E-state index contributed by atoms with van der Waals surface area (Å²) < 4.78 is 27.3. The second kappa shape index (κ2) is 6.32. The van der Waals surface area contributed by atoms with Crippen molar-refractivity contribution in [1.29, 1.82) is 0 Å². The van der Waals surface area contributed by atoms with Crippen LogP contribution in [0.1, 0.15) is 45.4 Å². The zero-order chi connectivity index (χ0) is 16.7. The topological polar surface area (TPSA) is 30.5 Å². The van der Waals surface area contributed by atoms with Gasteiger partial charge in [0.25, 0.3) is 0 Å². The lowest BCUT2D eigenvalue weighted by Gasteiger charge is -2.32. The summed E-state index contributed by atoms with van der Waals surface area (Å²) in [7, 11) is -0.910. The fourth-order valence-corrected chi connectivity index (χ4v) is 3.98. The fraction of sp³-hybridized carbons (Fsp3) is 0.647. The minimum atomic E-state index is -0.910. The van der Waals surface area contributed by atoms with Crippen LogP contribution < -0.4 is 5.32 Å². The van der Waals surface area contributed by atoms with Gasteiger partial charge >= 0.3 is 7.12 Å². The number of thiophene rings is 1. The highest BCUT2D eigenvalue weighted by Gasteiger charge is 2.54. The molecule has 1 N–H and O–H groups in total. The number of halogens is 1. The molecule has 2 saturated heterocycles. The lowest BCUT2D eigenvalue weighted by Crippen LogP contribution is -2.41. The Morgan fingerprint density at radius 2 is 1.83 bits per heavy atom. The third-order valence-electron chi connectivity index (χ3n) is 5.25. The summed E-state index contributed by atoms with van der Waals surface area (Å²) in [5.41, 5.74) is -0.522. The summed E-state index contributed by atoms with van der Waals surface area (Å²) in [4.78, 5) is 0.990. The Morgan fingerprint density at radius 3 is 2.35 bits per heavy atom. The highest BCUT2D eigenvalue weighted by molar-refractivity contribution is 7.11. The van der Waals surface area contributed by atoms with Crippen molar-refractivity contribution in [2.75, 3.05) is 13.1 Å². The number of nitrogens with one attached hydrogen (secondary N) is 1. The minimum absolute atomic E-state index is 0.217. The van der Waals surface area contributed by atoms with Crippen LogP contribution in [-0.4, -0.2) is 31.4 Å². The monoisotopic (exact) mass is 337 g/mol. The first-order valence-electron chi connectivity index (χ1n) is 8.31. The molecule has 3 rings (SSSR count). The van der Waals surface area contributed by atoms with E-state index in [-0.39, 0.29) is 11.6 Å². The molecule has 0 bridgehead atoms. The Balaban J connectivity index is 1.96. The normalized spacial score (nSPS) is 25.5. The molecular weight excluding hydrogens is 312 g/mol. The van der Waals surface area contributed by atoms with E-state index in [9.17, 15) is 0 Å². The first-order chi connectivity index (χ1) is 10.8. The summed E-state index contributed by atoms with van der Waals surface area (Å²) in [6.45, 7) is 9.67. The standard InChI is InChI=1S/C17H25BFNO2S/c1-16(2)17(3,4)22-18(21-16)15(19)14(13-6-5-11-23-13)12-7-9-20-10-8-12/h5-6,11-12,20H,7-10H2,1-4H3. The van der Waals surface area contributed by atoms with E-state index in [0.29, 0.717) is 0 Å². The van der Waals surface area contributed by atoms with Gasteiger partial charge in [-0.15, -0.1) is 11.3 Å². The third-order valence-corrected chi connectivity index (χ3v) is 6.15. The van der Waals surface area contributed by atoms with Crippen molar-refractivity contribution >= 4 is 24.0 Å². The minimum Gasteiger partial charge on any atom is -0.398 e. The van der Waals surface area contributed by atoms with Crippen molar-refractivity contribution in [1.82, 2.24) is 5.32 Å². The van der Waals surface area contributed by atoms with Crippen molar-refractivity contribution in [2.45, 2.75) is 51.7 Å². The number of piperidine rings is 1. The molecule has 1 aromatic rings. The van der Waals surface area contributed by atoms with E-state index >= 15 is 4.39 Å². The maximum atomic E-state index is 15.4. The van der Waals surface area contributed by atoms with Crippen molar-refractivity contribution in [3.8, 4) is 0 Å². The van der Waals surface area contributed by atoms with E-state index in [0.717, 1.165) is 36.4 Å². The van der Waals surface area contributed by atoms with Gasteiger partial charge in [0.15, 0.2) is 0 Å². The van der Waals surface area contributed by atoms with Gasteiger partial charge in [-0.3, -0.25) is 0 Å². The van der Waals surface area contributed by atoms with Gasteiger partial charge in [-0.05, 0) is 71.0 Å². The third kappa shape index (κ3) is 3.27. The molecule has 0 unspecified atom stereocenters. The molecule has 3 nitrogen and oxygen atoms in total. The summed E-state index contributed by atoms with van der Waals surface area (Å²) in [6.07, 6.45) is 1.89. The lowest BCUT2D eigenvalue weighted by atomic mass is 9.78. The Hall–Kier alpha value is -0.685. The van der Waals surface area contributed by atoms with Gasteiger partial charge in [-0.2, -0.15) is 0 Å². The summed E-state index contributed by atoms with van der Waals surface area (Å²) in [6, 6.07) is 3.96. The molecule has 2 aliphatic heterocycles. The van der Waals surface area contributed by atoms with Crippen LogP contribution in [0.25, 0.3) is 5.57 Å². The summed E-state index contributed by atoms with van der Waals surface area (Å²) in [5.74, 6) is 0.217. The van der Waals surface area contributed by atoms with Crippen LogP contribution in [0.3, 0.4) is 0 Å². The predicted octanol–water partition coefficient (Wildman–Crippen LogP) is 4.06. The fourth-order valence-electron chi connectivity index (χ4n) is 3.13. The van der Waals surface area contributed by atoms with Crippen molar-refractivity contribution in [3.63, 3.8) is 0 Å². The predicted molar refractivity (Wildman–Crippen MR) is 94.0 cm³/mol. The van der Waals surface area contributed by atoms with Crippen molar-refractivity contribution in [2.24, 2.45) is 5.92 Å². The van der Waals surface area contributed by atoms with Crippen molar-refractivity contribution in [3.05, 3.63) is 28.1 Å². The van der Waals surface area contributed by atoms with Crippen LogP contribution in [0, 0.1) is 5.92 Å². The van der Waals surface area contributed by atoms with Crippen LogP contribution in [-0.2, 0) is 9.31 Å². The molecule has 0 saturated carbocycles. The van der Waals surface area contributed by atoms with Gasteiger partial charge in [0.2, 0.25) is 0 Å². The first-order valence-corrected chi connectivity index (χ1v) is 9.19. The molecule has 0 aliphatic carbocycles. The van der Waals surface area contributed by atoms with Gasteiger partial charge in [0.05, 0.1) is 11.2 Å². The van der Waals surface area contributed by atoms with Crippen LogP contribution >= 0.6 is 11.3 Å². The van der Waals surface area contributed by atoms with Crippen LogP contribution in [0.5, 0.6) is 0 Å². The van der Waals surface area contributed by atoms with Crippen LogP contribution in [0.2, 0.25) is 0 Å². The Kier molecular flexibility index (Phi) is 4.71. The SMILES string of the molecule is CC1(C)OB(C(F)=C(c2cccs2)C2CCNCC2)OC1(C)C. The Bertz CT molecular complexity index is 563. The van der Waals surface area contributed by atoms with E-state index < -0.39 is 18.3 Å². The lowest BCUT2D eigenvalue weighted by molar-refractivity contribution is 0.00578. The maximum absolute atomic E-state index is 15.4. The number of rotatable bonds is 3. The first kappa shape index (κ1) is 17.1. The average molecular weight is 337 g/mol. The van der Waals surface area contributed by atoms with E-state index in [4.69, 9.17) is 9.31 Å². The van der Waals surface area contributed by atoms with E-state index in [1.165, 1.54) is 0 Å². The molecule has 23 heavy (non-hydrogen) atoms. The van der Waals surface area contributed by atoms with Crippen molar-refractivity contribution < 1.29 is 13.7 Å². The second-order valence-electron chi connectivity index (χ2n) is 7.35. The molecule has 3 heterocycles. The molecule has 2 aliphatic rings. The average Bonchev–Trinajstić information content (AvgIpc) is 3.07. The largest absolute Gasteiger partial charge is 0.525 e. The van der Waals surface area contributed by atoms with Gasteiger partial charge in [-0.1, -0.05) is 6.07 Å². The smallest absolute Gasteiger partial charge is 0.398 e. The number of allylic oxidation sites excluding steroid dienone is 1. The second-order valence-corrected chi connectivity index (χ2v) is 8.30. The van der Waals surface area contributed by atoms with E-state index in [1.807, 2.05) is 45.2 Å². The molecule has 0 radical (unpaired) electrons. The van der Waals surface area contributed by atoms with Crippen LogP contribution in [0.4, 0.5) is 4.39 Å². The molecule has 6 heteroatoms.